The van der Waals surface area contributed by atoms with E-state index in [0.717, 1.165) is 33.5 Å². The van der Waals surface area contributed by atoms with Crippen LogP contribution in [0.1, 0.15) is 22.6 Å². The van der Waals surface area contributed by atoms with Crippen LogP contribution in [-0.4, -0.2) is 34.1 Å². The Morgan fingerprint density at radius 1 is 1.00 bits per heavy atom. The molecular weight excluding hydrogens is 364 g/mol. The Kier molecular flexibility index (Phi) is 4.14. The molecule has 6 heteroatoms. The third-order valence-electron chi connectivity index (χ3n) is 5.57. The van der Waals surface area contributed by atoms with Crippen LogP contribution in [0.5, 0.6) is 0 Å². The maximum absolute atomic E-state index is 12.6. The number of pyridine rings is 2. The number of aromatic amines is 1. The second-order valence-corrected chi connectivity index (χ2v) is 7.13. The number of aromatic nitrogens is 3. The van der Waals surface area contributed by atoms with Crippen molar-refractivity contribution in [3.8, 4) is 0 Å². The molecule has 2 N–H and O–H groups in total. The second-order valence-electron chi connectivity index (χ2n) is 7.13. The van der Waals surface area contributed by atoms with Crippen LogP contribution in [0.3, 0.4) is 0 Å². The Hall–Kier alpha value is -3.51. The van der Waals surface area contributed by atoms with Gasteiger partial charge in [-0.2, -0.15) is 0 Å². The fraction of sp³-hybridized carbons (Fsp3) is 0.174. The zero-order chi connectivity index (χ0) is 19.8. The minimum atomic E-state index is -0.909. The average Bonchev–Trinajstić information content (AvgIpc) is 3.18. The lowest BCUT2D eigenvalue weighted by molar-refractivity contribution is -0.143. The van der Waals surface area contributed by atoms with Gasteiger partial charge in [-0.1, -0.05) is 30.3 Å². The first-order valence-electron chi connectivity index (χ1n) is 9.52. The molecule has 29 heavy (non-hydrogen) atoms. The van der Waals surface area contributed by atoms with Crippen LogP contribution in [0.4, 0.5) is 0 Å². The molecule has 1 aliphatic rings. The van der Waals surface area contributed by atoms with Gasteiger partial charge in [-0.25, -0.2) is 0 Å². The molecular formula is C23H20N4O2. The number of nitrogens with zero attached hydrogens (tertiary/aromatic N) is 2. The molecule has 0 radical (unpaired) electrons. The van der Waals surface area contributed by atoms with Gasteiger partial charge in [-0.3, -0.25) is 20.1 Å². The molecule has 0 unspecified atom stereocenters. The molecule has 0 saturated heterocycles. The Morgan fingerprint density at radius 2 is 1.66 bits per heavy atom. The van der Waals surface area contributed by atoms with Gasteiger partial charge in [0.05, 0.1) is 24.2 Å². The zero-order valence-corrected chi connectivity index (χ0v) is 15.9. The molecule has 0 amide bonds. The van der Waals surface area contributed by atoms with Crippen LogP contribution in [0, 0.1) is 0 Å². The topological polar surface area (TPSA) is 79.9 Å². The molecule has 1 aliphatic heterocycles. The number of nitrogens with one attached hydrogen (secondary N) is 2. The molecule has 0 spiro atoms. The third-order valence-corrected chi connectivity index (χ3v) is 5.57. The lowest BCUT2D eigenvalue weighted by atomic mass is 9.78. The normalized spacial score (nSPS) is 17.6. The molecule has 4 heterocycles. The summed E-state index contributed by atoms with van der Waals surface area (Å²) in [7, 11) is 1.41. The third kappa shape index (κ3) is 2.64. The summed E-state index contributed by atoms with van der Waals surface area (Å²) in [5, 5.41) is 4.63. The summed E-state index contributed by atoms with van der Waals surface area (Å²) in [6.45, 7) is 0. The fourth-order valence-electron chi connectivity index (χ4n) is 4.31. The first kappa shape index (κ1) is 17.6. The lowest BCUT2D eigenvalue weighted by Crippen LogP contribution is -2.57. The average molecular weight is 384 g/mol. The summed E-state index contributed by atoms with van der Waals surface area (Å²) >= 11 is 0. The van der Waals surface area contributed by atoms with E-state index >= 15 is 0 Å². The van der Waals surface area contributed by atoms with Gasteiger partial charge in [0, 0.05) is 29.7 Å². The zero-order valence-electron chi connectivity index (χ0n) is 15.9. The highest BCUT2D eigenvalue weighted by atomic mass is 16.5. The van der Waals surface area contributed by atoms with Crippen LogP contribution in [0.2, 0.25) is 0 Å². The quantitative estimate of drug-likeness (QED) is 0.531. The minimum Gasteiger partial charge on any atom is -0.468 e. The van der Waals surface area contributed by atoms with Crippen molar-refractivity contribution in [1.29, 1.82) is 0 Å². The van der Waals surface area contributed by atoms with E-state index in [0.29, 0.717) is 6.42 Å². The summed E-state index contributed by atoms with van der Waals surface area (Å²) in [6.07, 6.45) is 4.03. The molecule has 4 aromatic rings. The number of methoxy groups -OCH3 is 1. The number of hydrogen-bond donors (Lipinski definition) is 2. The highest BCUT2D eigenvalue weighted by molar-refractivity contribution is 5.88. The molecule has 0 fully saturated rings. The molecule has 0 aliphatic carbocycles. The van der Waals surface area contributed by atoms with Crippen LogP contribution in [0.15, 0.2) is 73.1 Å². The van der Waals surface area contributed by atoms with E-state index in [-0.39, 0.29) is 5.97 Å². The van der Waals surface area contributed by atoms with Gasteiger partial charge < -0.3 is 9.72 Å². The van der Waals surface area contributed by atoms with Crippen molar-refractivity contribution >= 4 is 16.9 Å². The Morgan fingerprint density at radius 3 is 2.28 bits per heavy atom. The maximum atomic E-state index is 12.6. The van der Waals surface area contributed by atoms with Crippen molar-refractivity contribution in [2.24, 2.45) is 0 Å². The SMILES string of the molecule is COC(=O)[C@@H]1Cc2c([nH]c3ccccc23)C(c2ccccn2)(c2ccccn2)N1. The summed E-state index contributed by atoms with van der Waals surface area (Å²) in [5.74, 6) is -0.308. The van der Waals surface area contributed by atoms with Gasteiger partial charge in [-0.15, -0.1) is 0 Å². The smallest absolute Gasteiger partial charge is 0.323 e. The van der Waals surface area contributed by atoms with Crippen molar-refractivity contribution in [3.05, 3.63) is 95.7 Å². The highest BCUT2D eigenvalue weighted by Gasteiger charge is 2.48. The number of carbonyl (C=O) groups excluding carboxylic acids is 1. The molecule has 6 nitrogen and oxygen atoms in total. The Balaban J connectivity index is 1.87. The number of fused-ring (bicyclic) bond motifs is 3. The molecule has 1 aromatic carbocycles. The van der Waals surface area contributed by atoms with Gasteiger partial charge in [-0.05, 0) is 35.9 Å². The molecule has 1 atom stereocenters. The molecule has 0 bridgehead atoms. The van der Waals surface area contributed by atoms with Crippen LogP contribution < -0.4 is 5.32 Å². The van der Waals surface area contributed by atoms with Crippen molar-refractivity contribution < 1.29 is 9.53 Å². The van der Waals surface area contributed by atoms with Gasteiger partial charge >= 0.3 is 5.97 Å². The Bertz CT molecular complexity index is 1130. The number of rotatable bonds is 3. The number of benzene rings is 1. The minimum absolute atomic E-state index is 0.308. The van der Waals surface area contributed by atoms with Crippen molar-refractivity contribution in [2.45, 2.75) is 18.0 Å². The van der Waals surface area contributed by atoms with E-state index in [2.05, 4.69) is 26.3 Å². The number of para-hydroxylation sites is 1. The number of carbonyl (C=O) groups is 1. The summed E-state index contributed by atoms with van der Waals surface area (Å²) < 4.78 is 5.11. The molecule has 144 valence electrons. The monoisotopic (exact) mass is 384 g/mol. The number of H-pyrrole nitrogens is 1. The van der Waals surface area contributed by atoms with Crippen molar-refractivity contribution in [1.82, 2.24) is 20.3 Å². The first-order valence-corrected chi connectivity index (χ1v) is 9.52. The molecule has 5 rings (SSSR count). The standard InChI is InChI=1S/C23H20N4O2/c1-29-22(28)18-14-16-15-8-2-3-9-17(15)26-21(16)23(27-18,19-10-4-6-12-24-19)20-11-5-7-13-25-20/h2-13,18,26-27H,14H2,1H3/t18-/m0/s1. The van der Waals surface area contributed by atoms with Crippen LogP contribution in [0.25, 0.3) is 10.9 Å². The van der Waals surface area contributed by atoms with E-state index in [4.69, 9.17) is 4.74 Å². The number of esters is 1. The highest BCUT2D eigenvalue weighted by Crippen LogP contribution is 2.42. The largest absolute Gasteiger partial charge is 0.468 e. The van der Waals surface area contributed by atoms with E-state index in [1.165, 1.54) is 7.11 Å². The van der Waals surface area contributed by atoms with E-state index in [1.54, 1.807) is 12.4 Å². The number of hydrogen-bond acceptors (Lipinski definition) is 5. The van der Waals surface area contributed by atoms with Gasteiger partial charge in [0.15, 0.2) is 0 Å². The van der Waals surface area contributed by atoms with Crippen LogP contribution in [-0.2, 0) is 21.5 Å². The van der Waals surface area contributed by atoms with Crippen molar-refractivity contribution in [2.75, 3.05) is 7.11 Å². The second kappa shape index (κ2) is 6.83. The van der Waals surface area contributed by atoms with Crippen molar-refractivity contribution in [3.63, 3.8) is 0 Å². The van der Waals surface area contributed by atoms with Gasteiger partial charge in [0.25, 0.3) is 0 Å². The van der Waals surface area contributed by atoms with E-state index in [9.17, 15) is 4.79 Å². The van der Waals surface area contributed by atoms with Gasteiger partial charge in [0.2, 0.25) is 0 Å². The predicted molar refractivity (Wildman–Crippen MR) is 109 cm³/mol. The Labute approximate surface area is 168 Å². The summed E-state index contributed by atoms with van der Waals surface area (Å²) in [6, 6.07) is 19.1. The summed E-state index contributed by atoms with van der Waals surface area (Å²) in [4.78, 5) is 25.6. The molecule has 0 saturated carbocycles. The summed E-state index contributed by atoms with van der Waals surface area (Å²) in [5.41, 5.74) is 3.66. The van der Waals surface area contributed by atoms with E-state index in [1.807, 2.05) is 54.6 Å². The van der Waals surface area contributed by atoms with E-state index < -0.39 is 11.6 Å². The number of ether oxygens (including phenoxy) is 1. The van der Waals surface area contributed by atoms with Gasteiger partial charge in [0.1, 0.15) is 11.6 Å². The maximum Gasteiger partial charge on any atom is 0.323 e. The first-order chi connectivity index (χ1) is 14.2. The van der Waals surface area contributed by atoms with Crippen LogP contribution >= 0.6 is 0 Å². The lowest BCUT2D eigenvalue weighted by Gasteiger charge is -2.40. The predicted octanol–water partition coefficient (Wildman–Crippen LogP) is 2.94. The fourth-order valence-corrected chi connectivity index (χ4v) is 4.31. The molecule has 3 aromatic heterocycles.